The van der Waals surface area contributed by atoms with Gasteiger partial charge in [-0.3, -0.25) is 0 Å². The lowest BCUT2D eigenvalue weighted by atomic mass is 10.2. The monoisotopic (exact) mass is 410 g/mol. The predicted molar refractivity (Wildman–Crippen MR) is 97.5 cm³/mol. The molecule has 1 rings (SSSR count). The summed E-state index contributed by atoms with van der Waals surface area (Å²) in [5.41, 5.74) is 0.628. The van der Waals surface area contributed by atoms with Crippen LogP contribution in [0.15, 0.2) is 23.3 Å². The van der Waals surface area contributed by atoms with E-state index in [4.69, 9.17) is 0 Å². The molecule has 11 heteroatoms. The molecule has 1 unspecified atom stereocenters. The fraction of sp³-hybridized carbons (Fsp3) is 0.625. The summed E-state index contributed by atoms with van der Waals surface area (Å²) >= 11 is 0. The summed E-state index contributed by atoms with van der Waals surface area (Å²) in [6, 6.07) is 2.90. The van der Waals surface area contributed by atoms with Crippen LogP contribution in [0, 0.1) is 0 Å². The van der Waals surface area contributed by atoms with Crippen LogP contribution in [0.4, 0.5) is 13.2 Å². The van der Waals surface area contributed by atoms with Crippen molar-refractivity contribution < 1.29 is 26.3 Å². The van der Waals surface area contributed by atoms with E-state index in [1.165, 1.54) is 18.5 Å². The minimum atomic E-state index is -4.43. The molecule has 1 aromatic heterocycles. The van der Waals surface area contributed by atoms with Gasteiger partial charge in [-0.15, -0.1) is 0 Å². The molecular formula is C16H25F3N4O3S. The van der Waals surface area contributed by atoms with Crippen LogP contribution in [0.3, 0.4) is 0 Å². The van der Waals surface area contributed by atoms with Gasteiger partial charge in [0.2, 0.25) is 5.88 Å². The van der Waals surface area contributed by atoms with Gasteiger partial charge in [-0.2, -0.15) is 13.2 Å². The first-order chi connectivity index (χ1) is 12.5. The number of hydrogen-bond acceptors (Lipinski definition) is 5. The Balaban J connectivity index is 2.69. The lowest BCUT2D eigenvalue weighted by molar-refractivity contribution is -0.154. The number of pyridine rings is 1. The van der Waals surface area contributed by atoms with Gasteiger partial charge in [0, 0.05) is 31.1 Å². The van der Waals surface area contributed by atoms with E-state index < -0.39 is 22.6 Å². The highest BCUT2D eigenvalue weighted by Gasteiger charge is 2.28. The summed E-state index contributed by atoms with van der Waals surface area (Å²) in [6.45, 7) is 3.11. The van der Waals surface area contributed by atoms with Crippen molar-refractivity contribution in [2.75, 3.05) is 25.2 Å². The molecule has 0 amide bonds. The van der Waals surface area contributed by atoms with E-state index in [0.717, 1.165) is 0 Å². The minimum Gasteiger partial charge on any atom is -0.468 e. The van der Waals surface area contributed by atoms with Crippen molar-refractivity contribution in [1.29, 1.82) is 0 Å². The zero-order valence-corrected chi connectivity index (χ0v) is 16.3. The van der Waals surface area contributed by atoms with E-state index in [0.29, 0.717) is 24.5 Å². The van der Waals surface area contributed by atoms with Crippen LogP contribution in [-0.4, -0.2) is 56.7 Å². The summed E-state index contributed by atoms with van der Waals surface area (Å²) in [4.78, 5) is 8.10. The van der Waals surface area contributed by atoms with E-state index in [2.05, 4.69) is 25.3 Å². The number of alkyl halides is 3. The third kappa shape index (κ3) is 11.3. The summed E-state index contributed by atoms with van der Waals surface area (Å²) in [6.07, 6.45) is -1.47. The molecule has 0 aromatic carbocycles. The molecule has 0 fully saturated rings. The molecule has 0 aliphatic carbocycles. The van der Waals surface area contributed by atoms with Crippen molar-refractivity contribution in [3.05, 3.63) is 23.9 Å². The zero-order chi connectivity index (χ0) is 20.5. The number of hydrogen-bond donors (Lipinski definition) is 2. The van der Waals surface area contributed by atoms with E-state index in [9.17, 15) is 21.6 Å². The van der Waals surface area contributed by atoms with Gasteiger partial charge in [0.15, 0.2) is 12.6 Å². The van der Waals surface area contributed by atoms with Gasteiger partial charge in [-0.1, -0.05) is 0 Å². The van der Waals surface area contributed by atoms with Crippen LogP contribution in [0.5, 0.6) is 5.88 Å². The Bertz CT molecular complexity index is 724. The molecule has 0 saturated carbocycles. The number of rotatable bonds is 9. The Morgan fingerprint density at radius 1 is 1.41 bits per heavy atom. The number of ether oxygens (including phenoxy) is 1. The SMILES string of the molecule is CCNC(=NCc1ccnc(OCC(F)(F)F)c1)NC(C)CCS(C)(=O)=O. The quantitative estimate of drug-likeness (QED) is 0.477. The van der Waals surface area contributed by atoms with Crippen molar-refractivity contribution in [2.24, 2.45) is 4.99 Å². The van der Waals surface area contributed by atoms with E-state index in [1.54, 1.807) is 6.07 Å². The van der Waals surface area contributed by atoms with Crippen LogP contribution in [0.2, 0.25) is 0 Å². The molecule has 0 aliphatic heterocycles. The Morgan fingerprint density at radius 2 is 2.11 bits per heavy atom. The van der Waals surface area contributed by atoms with Crippen molar-refractivity contribution in [2.45, 2.75) is 39.0 Å². The normalized spacial score (nSPS) is 13.9. The Morgan fingerprint density at radius 3 is 2.70 bits per heavy atom. The highest BCUT2D eigenvalue weighted by Crippen LogP contribution is 2.17. The van der Waals surface area contributed by atoms with Crippen LogP contribution in [0.25, 0.3) is 0 Å². The van der Waals surface area contributed by atoms with E-state index >= 15 is 0 Å². The molecule has 2 N–H and O–H groups in total. The van der Waals surface area contributed by atoms with Crippen LogP contribution < -0.4 is 15.4 Å². The molecule has 0 spiro atoms. The summed E-state index contributed by atoms with van der Waals surface area (Å²) in [7, 11) is -3.04. The number of nitrogens with zero attached hydrogens (tertiary/aromatic N) is 2. The fourth-order valence-corrected chi connectivity index (χ4v) is 2.75. The number of halogens is 3. The standard InChI is InChI=1S/C16H25F3N4O3S/c1-4-20-15(23-12(2)6-8-27(3,24)25)22-10-13-5-7-21-14(9-13)26-11-16(17,18)19/h5,7,9,12H,4,6,8,10-11H2,1-3H3,(H2,20,22,23). The zero-order valence-electron chi connectivity index (χ0n) is 15.5. The minimum absolute atomic E-state index is 0.0603. The highest BCUT2D eigenvalue weighted by molar-refractivity contribution is 7.90. The van der Waals surface area contributed by atoms with Gasteiger partial charge in [-0.05, 0) is 31.9 Å². The maximum atomic E-state index is 12.2. The largest absolute Gasteiger partial charge is 0.468 e. The van der Waals surface area contributed by atoms with E-state index in [1.807, 2.05) is 13.8 Å². The summed E-state index contributed by atoms with van der Waals surface area (Å²) in [5, 5.41) is 6.13. The molecule has 154 valence electrons. The number of guanidine groups is 1. The fourth-order valence-electron chi connectivity index (χ4n) is 1.97. The maximum absolute atomic E-state index is 12.2. The summed E-state index contributed by atoms with van der Waals surface area (Å²) in [5.74, 6) is 0.415. The van der Waals surface area contributed by atoms with Crippen molar-refractivity contribution in [3.63, 3.8) is 0 Å². The second-order valence-corrected chi connectivity index (χ2v) is 8.33. The summed E-state index contributed by atoms with van der Waals surface area (Å²) < 4.78 is 63.7. The molecule has 0 saturated heterocycles. The molecule has 0 radical (unpaired) electrons. The predicted octanol–water partition coefficient (Wildman–Crippen LogP) is 1.90. The van der Waals surface area contributed by atoms with Gasteiger partial charge < -0.3 is 15.4 Å². The molecule has 1 aromatic rings. The molecule has 27 heavy (non-hydrogen) atoms. The number of aromatic nitrogens is 1. The van der Waals surface area contributed by atoms with Gasteiger partial charge in [0.05, 0.1) is 12.3 Å². The van der Waals surface area contributed by atoms with Crippen molar-refractivity contribution in [3.8, 4) is 5.88 Å². The number of nitrogens with one attached hydrogen (secondary N) is 2. The molecule has 0 aliphatic rings. The lowest BCUT2D eigenvalue weighted by Gasteiger charge is -2.17. The first-order valence-electron chi connectivity index (χ1n) is 8.35. The van der Waals surface area contributed by atoms with Gasteiger partial charge in [0.25, 0.3) is 0 Å². The van der Waals surface area contributed by atoms with Crippen LogP contribution >= 0.6 is 0 Å². The second kappa shape index (κ2) is 10.3. The number of aliphatic imine (C=N–C) groups is 1. The average molecular weight is 410 g/mol. The Kier molecular flexibility index (Phi) is 8.80. The van der Waals surface area contributed by atoms with Gasteiger partial charge in [0.1, 0.15) is 9.84 Å². The molecule has 0 bridgehead atoms. The molecule has 7 nitrogen and oxygen atoms in total. The first-order valence-corrected chi connectivity index (χ1v) is 10.4. The highest BCUT2D eigenvalue weighted by atomic mass is 32.2. The third-order valence-electron chi connectivity index (χ3n) is 3.25. The van der Waals surface area contributed by atoms with Gasteiger partial charge >= 0.3 is 6.18 Å². The van der Waals surface area contributed by atoms with Crippen molar-refractivity contribution in [1.82, 2.24) is 15.6 Å². The average Bonchev–Trinajstić information content (AvgIpc) is 2.55. The Hall–Kier alpha value is -2.04. The first kappa shape index (κ1) is 23.0. The molecule has 1 heterocycles. The third-order valence-corrected chi connectivity index (χ3v) is 4.23. The van der Waals surface area contributed by atoms with Crippen LogP contribution in [0.1, 0.15) is 25.8 Å². The smallest absolute Gasteiger partial charge is 0.422 e. The molecular weight excluding hydrogens is 385 g/mol. The topological polar surface area (TPSA) is 92.7 Å². The lowest BCUT2D eigenvalue weighted by Crippen LogP contribution is -2.42. The maximum Gasteiger partial charge on any atom is 0.422 e. The molecule has 1 atom stereocenters. The van der Waals surface area contributed by atoms with Crippen molar-refractivity contribution >= 4 is 15.8 Å². The Labute approximate surface area is 157 Å². The van der Waals surface area contributed by atoms with E-state index in [-0.39, 0.29) is 24.2 Å². The number of sulfone groups is 1. The van der Waals surface area contributed by atoms with Gasteiger partial charge in [-0.25, -0.2) is 18.4 Å². The van der Waals surface area contributed by atoms with Crippen LogP contribution in [-0.2, 0) is 16.4 Å². The second-order valence-electron chi connectivity index (χ2n) is 6.07.